The van der Waals surface area contributed by atoms with Crippen LogP contribution in [0.3, 0.4) is 0 Å². The molecule has 0 saturated heterocycles. The van der Waals surface area contributed by atoms with E-state index >= 15 is 0 Å². The van der Waals surface area contributed by atoms with E-state index in [1.807, 2.05) is 0 Å². The third-order valence-corrected chi connectivity index (χ3v) is 2.64. The van der Waals surface area contributed by atoms with Gasteiger partial charge >= 0.3 is 0 Å². The van der Waals surface area contributed by atoms with Crippen LogP contribution >= 0.6 is 0 Å². The maximum atomic E-state index is 11.2. The molecule has 1 aromatic rings. The van der Waals surface area contributed by atoms with Gasteiger partial charge in [0.1, 0.15) is 0 Å². The molecular weight excluding hydrogens is 222 g/mol. The number of aliphatic hydroxyl groups is 2. The Kier molecular flexibility index (Phi) is 3.16. The van der Waals surface area contributed by atoms with Crippen molar-refractivity contribution in [3.8, 4) is 0 Å². The number of aliphatic hydroxyl groups excluding tert-OH is 2. The second kappa shape index (κ2) is 4.60. The maximum Gasteiger partial charge on any atom is 0.228 e. The average Bonchev–Trinajstić information content (AvgIpc) is 2.64. The zero-order chi connectivity index (χ0) is 12.4. The highest BCUT2D eigenvalue weighted by Crippen LogP contribution is 2.31. The van der Waals surface area contributed by atoms with Crippen molar-refractivity contribution in [1.82, 2.24) is 0 Å². The lowest BCUT2D eigenvalue weighted by Crippen LogP contribution is -2.23. The molecule has 1 aromatic carbocycles. The van der Waals surface area contributed by atoms with Crippen molar-refractivity contribution in [2.24, 2.45) is 0 Å². The van der Waals surface area contributed by atoms with Crippen LogP contribution in [0.1, 0.15) is 5.56 Å². The molecule has 6 heteroatoms. The molecule has 6 nitrogen and oxygen atoms in total. The lowest BCUT2D eigenvalue weighted by Gasteiger charge is -2.13. The van der Waals surface area contributed by atoms with Gasteiger partial charge in [-0.2, -0.15) is 0 Å². The van der Waals surface area contributed by atoms with Crippen LogP contribution in [0, 0.1) is 0 Å². The second-order valence-electron chi connectivity index (χ2n) is 4.04. The predicted molar refractivity (Wildman–Crippen MR) is 64.8 cm³/mol. The Bertz CT molecular complexity index is 448. The Morgan fingerprint density at radius 3 is 3.00 bits per heavy atom. The monoisotopic (exact) mass is 237 g/mol. The van der Waals surface area contributed by atoms with E-state index in [2.05, 4.69) is 10.6 Å². The number of carbonyl (C=O) groups excluding carboxylic acids is 1. The molecule has 1 aliphatic heterocycles. The molecule has 1 aliphatic rings. The molecule has 1 amide bonds. The fourth-order valence-electron chi connectivity index (χ4n) is 1.74. The quantitative estimate of drug-likeness (QED) is 0.455. The lowest BCUT2D eigenvalue weighted by atomic mass is 10.1. The topological polar surface area (TPSA) is 108 Å². The molecule has 1 unspecified atom stereocenters. The van der Waals surface area contributed by atoms with Gasteiger partial charge in [-0.25, -0.2) is 0 Å². The molecule has 2 rings (SSSR count). The van der Waals surface area contributed by atoms with Gasteiger partial charge in [0.2, 0.25) is 5.91 Å². The van der Waals surface area contributed by atoms with Crippen LogP contribution < -0.4 is 16.4 Å². The Balaban J connectivity index is 2.14. The van der Waals surface area contributed by atoms with Gasteiger partial charge in [0.25, 0.3) is 0 Å². The minimum Gasteiger partial charge on any atom is -0.397 e. The number of hydrogen-bond acceptors (Lipinski definition) is 5. The van der Waals surface area contributed by atoms with Crippen molar-refractivity contribution < 1.29 is 15.0 Å². The number of nitrogens with two attached hydrogens (primary N) is 1. The summed E-state index contributed by atoms with van der Waals surface area (Å²) < 4.78 is 0. The van der Waals surface area contributed by atoms with Crippen LogP contribution in [0.2, 0.25) is 0 Å². The molecule has 92 valence electrons. The number of nitrogens with one attached hydrogen (secondary N) is 2. The minimum absolute atomic E-state index is 0.0491. The first-order chi connectivity index (χ1) is 8.10. The van der Waals surface area contributed by atoms with Crippen LogP contribution in [0.15, 0.2) is 12.1 Å². The highest BCUT2D eigenvalue weighted by molar-refractivity contribution is 6.00. The van der Waals surface area contributed by atoms with E-state index in [4.69, 9.17) is 10.8 Å². The molecule has 0 radical (unpaired) electrons. The summed E-state index contributed by atoms with van der Waals surface area (Å²) in [7, 11) is 0. The number of amides is 1. The molecular formula is C11H15N3O3. The molecule has 1 atom stereocenters. The molecule has 0 bridgehead atoms. The average molecular weight is 237 g/mol. The van der Waals surface area contributed by atoms with Crippen molar-refractivity contribution in [1.29, 1.82) is 0 Å². The number of rotatable bonds is 4. The normalized spacial score (nSPS) is 15.3. The number of benzene rings is 1. The Hall–Kier alpha value is -1.79. The van der Waals surface area contributed by atoms with Gasteiger partial charge in [-0.15, -0.1) is 0 Å². The molecule has 1 heterocycles. The van der Waals surface area contributed by atoms with Crippen LogP contribution in [-0.2, 0) is 11.2 Å². The van der Waals surface area contributed by atoms with Gasteiger partial charge in [-0.3, -0.25) is 4.79 Å². The smallest absolute Gasteiger partial charge is 0.228 e. The highest BCUT2D eigenvalue weighted by atomic mass is 16.3. The van der Waals surface area contributed by atoms with Crippen molar-refractivity contribution >= 4 is 23.0 Å². The first-order valence-electron chi connectivity index (χ1n) is 5.35. The predicted octanol–water partition coefficient (Wildman–Crippen LogP) is -0.472. The third kappa shape index (κ3) is 2.48. The Labute approximate surface area is 98.4 Å². The molecule has 0 saturated carbocycles. The van der Waals surface area contributed by atoms with Crippen molar-refractivity contribution in [2.75, 3.05) is 29.5 Å². The summed E-state index contributed by atoms with van der Waals surface area (Å²) in [4.78, 5) is 11.2. The summed E-state index contributed by atoms with van der Waals surface area (Å²) >= 11 is 0. The van der Waals surface area contributed by atoms with Crippen LogP contribution in [0.25, 0.3) is 0 Å². The van der Waals surface area contributed by atoms with Gasteiger partial charge in [-0.1, -0.05) is 0 Å². The molecule has 0 spiro atoms. The van der Waals surface area contributed by atoms with E-state index < -0.39 is 6.10 Å². The van der Waals surface area contributed by atoms with Crippen molar-refractivity contribution in [2.45, 2.75) is 12.5 Å². The third-order valence-electron chi connectivity index (χ3n) is 2.64. The van der Waals surface area contributed by atoms with Gasteiger partial charge in [0, 0.05) is 12.2 Å². The summed E-state index contributed by atoms with van der Waals surface area (Å²) in [6.07, 6.45) is -0.490. The van der Waals surface area contributed by atoms with E-state index in [1.54, 1.807) is 12.1 Å². The number of fused-ring (bicyclic) bond motifs is 1. The summed E-state index contributed by atoms with van der Waals surface area (Å²) in [5.74, 6) is -0.0491. The van der Waals surface area contributed by atoms with Gasteiger partial charge < -0.3 is 26.6 Å². The van der Waals surface area contributed by atoms with Gasteiger partial charge in [-0.05, 0) is 17.7 Å². The number of hydrogen-bond donors (Lipinski definition) is 5. The summed E-state index contributed by atoms with van der Waals surface area (Å²) in [6.45, 7) is -0.109. The first-order valence-corrected chi connectivity index (χ1v) is 5.35. The number of carbonyl (C=O) groups is 1. The van der Waals surface area contributed by atoms with Gasteiger partial charge in [0.15, 0.2) is 0 Å². The van der Waals surface area contributed by atoms with Crippen molar-refractivity contribution in [3.63, 3.8) is 0 Å². The first kappa shape index (κ1) is 11.7. The standard InChI is InChI=1S/C11H15N3O3/c12-8-1-6-2-11(17)14-9(6)3-10(8)13-4-7(16)5-15/h1,3,7,13,15-16H,2,4-5,12H2,(H,14,17). The zero-order valence-corrected chi connectivity index (χ0v) is 9.23. The van der Waals surface area contributed by atoms with Crippen LogP contribution in [-0.4, -0.2) is 35.4 Å². The molecule has 17 heavy (non-hydrogen) atoms. The molecule has 0 aromatic heterocycles. The fourth-order valence-corrected chi connectivity index (χ4v) is 1.74. The minimum atomic E-state index is -0.836. The summed E-state index contributed by atoms with van der Waals surface area (Å²) in [5, 5.41) is 23.6. The van der Waals surface area contributed by atoms with Gasteiger partial charge in [0.05, 0.1) is 30.5 Å². The van der Waals surface area contributed by atoms with Crippen LogP contribution in [0.4, 0.5) is 17.1 Å². The van der Waals surface area contributed by atoms with E-state index in [1.165, 1.54) is 0 Å². The van der Waals surface area contributed by atoms with E-state index in [-0.39, 0.29) is 19.1 Å². The Morgan fingerprint density at radius 2 is 2.29 bits per heavy atom. The van der Waals surface area contributed by atoms with E-state index in [9.17, 15) is 9.90 Å². The lowest BCUT2D eigenvalue weighted by molar-refractivity contribution is -0.115. The molecule has 0 fully saturated rings. The number of anilines is 3. The van der Waals surface area contributed by atoms with Crippen LogP contribution in [0.5, 0.6) is 0 Å². The highest BCUT2D eigenvalue weighted by Gasteiger charge is 2.19. The molecule has 0 aliphatic carbocycles. The fraction of sp³-hybridized carbons (Fsp3) is 0.364. The second-order valence-corrected chi connectivity index (χ2v) is 4.04. The summed E-state index contributed by atoms with van der Waals surface area (Å²) in [6, 6.07) is 3.47. The Morgan fingerprint density at radius 1 is 1.53 bits per heavy atom. The molecule has 6 N–H and O–H groups in total. The van der Waals surface area contributed by atoms with Crippen molar-refractivity contribution in [3.05, 3.63) is 17.7 Å². The SMILES string of the molecule is Nc1cc2c(cc1NCC(O)CO)NC(=O)C2. The van der Waals surface area contributed by atoms with E-state index in [0.717, 1.165) is 11.3 Å². The van der Waals surface area contributed by atoms with E-state index in [0.29, 0.717) is 17.8 Å². The largest absolute Gasteiger partial charge is 0.397 e. The maximum absolute atomic E-state index is 11.2. The zero-order valence-electron chi connectivity index (χ0n) is 9.23. The number of nitrogen functional groups attached to an aromatic ring is 1. The summed E-state index contributed by atoms with van der Waals surface area (Å²) in [5.41, 5.74) is 8.59.